The van der Waals surface area contributed by atoms with E-state index < -0.39 is 0 Å². The highest BCUT2D eigenvalue weighted by Gasteiger charge is 2.70. The maximum Gasteiger partial charge on any atom is -0.0258 e. The maximum absolute atomic E-state index is 2.64. The highest BCUT2D eigenvalue weighted by Crippen LogP contribution is 2.77. The van der Waals surface area contributed by atoms with Crippen molar-refractivity contribution in [3.05, 3.63) is 0 Å². The van der Waals surface area contributed by atoms with Gasteiger partial charge in [-0.15, -0.1) is 0 Å². The van der Waals surface area contributed by atoms with Gasteiger partial charge in [0.15, 0.2) is 0 Å². The quantitative estimate of drug-likeness (QED) is 0.614. The van der Waals surface area contributed by atoms with Crippen molar-refractivity contribution in [1.82, 2.24) is 0 Å². The van der Waals surface area contributed by atoms with E-state index in [0.717, 1.165) is 40.4 Å². The molecule has 104 valence electrons. The zero-order chi connectivity index (χ0) is 13.1. The molecule has 0 heteroatoms. The summed E-state index contributed by atoms with van der Waals surface area (Å²) in [4.78, 5) is 0. The standard InChI is InChI=1S/C18H32/c1-6-12(3)8-14-15-9-13(4)18(7-2)10-16(14)17(15,5)11-18/h12-16H,6-11H2,1-5H3. The highest BCUT2D eigenvalue weighted by molar-refractivity contribution is 5.18. The molecule has 0 N–H and O–H groups in total. The molecule has 0 aromatic rings. The van der Waals surface area contributed by atoms with Gasteiger partial charge in [0.25, 0.3) is 0 Å². The third-order valence-electron chi connectivity index (χ3n) is 7.82. The minimum Gasteiger partial charge on any atom is -0.0651 e. The Labute approximate surface area is 114 Å². The normalized spacial score (nSPS) is 55.2. The zero-order valence-electron chi connectivity index (χ0n) is 13.1. The van der Waals surface area contributed by atoms with Crippen LogP contribution in [0.1, 0.15) is 73.1 Å². The molecule has 3 saturated carbocycles. The zero-order valence-corrected chi connectivity index (χ0v) is 13.1. The lowest BCUT2D eigenvalue weighted by molar-refractivity contribution is -0.123. The van der Waals surface area contributed by atoms with Crippen molar-refractivity contribution in [3.8, 4) is 0 Å². The summed E-state index contributed by atoms with van der Waals surface area (Å²) in [5.74, 6) is 5.19. The van der Waals surface area contributed by atoms with Crippen LogP contribution in [0.15, 0.2) is 0 Å². The lowest BCUT2D eigenvalue weighted by Gasteiger charge is -2.61. The SMILES string of the molecule is CCC(C)CC1C2CC(C)C3(CC)CC1C2(C)C3. The molecule has 3 rings (SSSR count). The molecule has 0 saturated heterocycles. The Morgan fingerprint density at radius 2 is 1.94 bits per heavy atom. The van der Waals surface area contributed by atoms with E-state index in [0.29, 0.717) is 0 Å². The van der Waals surface area contributed by atoms with Gasteiger partial charge in [-0.3, -0.25) is 0 Å². The highest BCUT2D eigenvalue weighted by atomic mass is 14.7. The largest absolute Gasteiger partial charge is 0.0651 e. The van der Waals surface area contributed by atoms with E-state index >= 15 is 0 Å². The first-order chi connectivity index (χ1) is 8.47. The molecule has 0 aliphatic heterocycles. The average molecular weight is 248 g/mol. The lowest BCUT2D eigenvalue weighted by atomic mass is 9.44. The number of hydrogen-bond acceptors (Lipinski definition) is 0. The molecule has 0 heterocycles. The molecular formula is C18H32. The van der Waals surface area contributed by atoms with E-state index in [9.17, 15) is 0 Å². The minimum absolute atomic E-state index is 0.736. The summed E-state index contributed by atoms with van der Waals surface area (Å²) >= 11 is 0. The summed E-state index contributed by atoms with van der Waals surface area (Å²) in [6.07, 6.45) is 9.00. The van der Waals surface area contributed by atoms with Gasteiger partial charge < -0.3 is 0 Å². The third-order valence-corrected chi connectivity index (χ3v) is 7.82. The van der Waals surface area contributed by atoms with E-state index in [1.54, 1.807) is 19.3 Å². The van der Waals surface area contributed by atoms with Crippen molar-refractivity contribution < 1.29 is 0 Å². The van der Waals surface area contributed by atoms with Crippen molar-refractivity contribution in [2.24, 2.45) is 40.4 Å². The smallest absolute Gasteiger partial charge is 0.0258 e. The first-order valence-electron chi connectivity index (χ1n) is 8.47. The van der Waals surface area contributed by atoms with Crippen LogP contribution in [0.5, 0.6) is 0 Å². The Kier molecular flexibility index (Phi) is 2.89. The van der Waals surface area contributed by atoms with Gasteiger partial charge in [0, 0.05) is 0 Å². The molecule has 0 radical (unpaired) electrons. The van der Waals surface area contributed by atoms with Crippen molar-refractivity contribution >= 4 is 0 Å². The van der Waals surface area contributed by atoms with Gasteiger partial charge in [-0.25, -0.2) is 0 Å². The second-order valence-corrected chi connectivity index (χ2v) is 8.37. The molecule has 3 aliphatic rings. The van der Waals surface area contributed by atoms with E-state index in [2.05, 4.69) is 34.6 Å². The van der Waals surface area contributed by atoms with Crippen LogP contribution in [0, 0.1) is 40.4 Å². The van der Waals surface area contributed by atoms with Crippen LogP contribution in [0.3, 0.4) is 0 Å². The minimum atomic E-state index is 0.736. The maximum atomic E-state index is 2.64. The number of rotatable bonds is 4. The molecule has 0 aromatic carbocycles. The Hall–Kier alpha value is 0. The van der Waals surface area contributed by atoms with Crippen molar-refractivity contribution in [2.45, 2.75) is 73.1 Å². The molecule has 18 heavy (non-hydrogen) atoms. The summed E-state index contributed by atoms with van der Waals surface area (Å²) < 4.78 is 0. The van der Waals surface area contributed by atoms with Crippen LogP contribution < -0.4 is 0 Å². The summed E-state index contributed by atoms with van der Waals surface area (Å²) in [6, 6.07) is 0. The molecule has 2 bridgehead atoms. The van der Waals surface area contributed by atoms with Gasteiger partial charge in [0.1, 0.15) is 0 Å². The molecule has 0 aromatic heterocycles. The molecule has 3 aliphatic carbocycles. The van der Waals surface area contributed by atoms with Crippen LogP contribution in [-0.4, -0.2) is 0 Å². The number of fused-ring (bicyclic) bond motifs is 1. The average Bonchev–Trinajstić information content (AvgIpc) is 2.51. The molecule has 3 fully saturated rings. The molecule has 0 spiro atoms. The predicted octanol–water partition coefficient (Wildman–Crippen LogP) is 5.52. The van der Waals surface area contributed by atoms with Crippen LogP contribution in [-0.2, 0) is 0 Å². The fourth-order valence-electron chi connectivity index (χ4n) is 6.36. The topological polar surface area (TPSA) is 0 Å². The van der Waals surface area contributed by atoms with E-state index in [-0.39, 0.29) is 0 Å². The fraction of sp³-hybridized carbons (Fsp3) is 1.00. The van der Waals surface area contributed by atoms with E-state index in [4.69, 9.17) is 0 Å². The van der Waals surface area contributed by atoms with Gasteiger partial charge in [0.05, 0.1) is 0 Å². The van der Waals surface area contributed by atoms with Gasteiger partial charge in [-0.1, -0.05) is 47.5 Å². The summed E-state index contributed by atoms with van der Waals surface area (Å²) in [7, 11) is 0. The lowest BCUT2D eigenvalue weighted by Crippen LogP contribution is -2.54. The fourth-order valence-corrected chi connectivity index (χ4v) is 6.36. The summed E-state index contributed by atoms with van der Waals surface area (Å²) in [5.41, 5.74) is 1.49. The van der Waals surface area contributed by atoms with E-state index in [1.165, 1.54) is 19.3 Å². The monoisotopic (exact) mass is 248 g/mol. The van der Waals surface area contributed by atoms with Crippen LogP contribution >= 0.6 is 0 Å². The third kappa shape index (κ3) is 1.44. The Bertz CT molecular complexity index is 333. The Morgan fingerprint density at radius 3 is 2.56 bits per heavy atom. The predicted molar refractivity (Wildman–Crippen MR) is 78.4 cm³/mol. The second kappa shape index (κ2) is 4.00. The van der Waals surface area contributed by atoms with Gasteiger partial charge in [-0.05, 0) is 66.1 Å². The van der Waals surface area contributed by atoms with Crippen LogP contribution in [0.25, 0.3) is 0 Å². The van der Waals surface area contributed by atoms with Crippen molar-refractivity contribution in [3.63, 3.8) is 0 Å². The van der Waals surface area contributed by atoms with Crippen LogP contribution in [0.2, 0.25) is 0 Å². The molecular weight excluding hydrogens is 216 g/mol. The Balaban J connectivity index is 1.82. The summed E-state index contributed by atoms with van der Waals surface area (Å²) in [5, 5.41) is 0. The van der Waals surface area contributed by atoms with Crippen molar-refractivity contribution in [1.29, 1.82) is 0 Å². The Morgan fingerprint density at radius 1 is 1.22 bits per heavy atom. The second-order valence-electron chi connectivity index (χ2n) is 8.37. The summed E-state index contributed by atoms with van der Waals surface area (Å²) in [6.45, 7) is 12.5. The van der Waals surface area contributed by atoms with Gasteiger partial charge >= 0.3 is 0 Å². The molecule has 0 amide bonds. The molecule has 7 atom stereocenters. The number of hydrogen-bond donors (Lipinski definition) is 0. The van der Waals surface area contributed by atoms with Gasteiger partial charge in [-0.2, -0.15) is 0 Å². The van der Waals surface area contributed by atoms with Crippen LogP contribution in [0.4, 0.5) is 0 Å². The van der Waals surface area contributed by atoms with E-state index in [1.807, 2.05) is 0 Å². The van der Waals surface area contributed by atoms with Gasteiger partial charge in [0.2, 0.25) is 0 Å². The molecule has 7 unspecified atom stereocenters. The molecule has 0 nitrogen and oxygen atoms in total. The first-order valence-corrected chi connectivity index (χ1v) is 8.47. The first kappa shape index (κ1) is 13.0. The van der Waals surface area contributed by atoms with Crippen molar-refractivity contribution in [2.75, 3.05) is 0 Å².